The van der Waals surface area contributed by atoms with Crippen molar-refractivity contribution in [3.8, 4) is 0 Å². The van der Waals surface area contributed by atoms with Gasteiger partial charge in [0.05, 0.1) is 5.60 Å². The first-order valence-electron chi connectivity index (χ1n) is 8.86. The Morgan fingerprint density at radius 1 is 1.16 bits per heavy atom. The van der Waals surface area contributed by atoms with E-state index in [1.54, 1.807) is 12.4 Å². The predicted molar refractivity (Wildman–Crippen MR) is 90.6 cm³/mol. The number of benzene rings is 1. The largest absolute Gasteiger partial charge is 0.385 e. The number of nitrogens with zero attached hydrogens (tertiary/aromatic N) is 2. The van der Waals surface area contributed by atoms with E-state index in [-0.39, 0.29) is 18.0 Å². The molecule has 1 aliphatic carbocycles. The van der Waals surface area contributed by atoms with Gasteiger partial charge in [0.15, 0.2) is 0 Å². The van der Waals surface area contributed by atoms with E-state index in [2.05, 4.69) is 9.88 Å². The van der Waals surface area contributed by atoms with Gasteiger partial charge in [0.25, 0.3) is 0 Å². The maximum absolute atomic E-state index is 14.0. The van der Waals surface area contributed by atoms with Crippen LogP contribution >= 0.6 is 0 Å². The van der Waals surface area contributed by atoms with Crippen molar-refractivity contribution in [3.05, 3.63) is 65.5 Å². The molecule has 0 radical (unpaired) electrons. The zero-order chi connectivity index (χ0) is 17.4. The molecule has 0 bridgehead atoms. The van der Waals surface area contributed by atoms with Crippen molar-refractivity contribution in [2.24, 2.45) is 11.8 Å². The number of aliphatic hydroxyl groups is 1. The molecule has 2 fully saturated rings. The Balaban J connectivity index is 1.57. The second-order valence-electron chi connectivity index (χ2n) is 7.32. The second kappa shape index (κ2) is 6.46. The molecule has 132 valence electrons. The standard InChI is InChI=1S/C20H22F2N2O/c21-18-6-1-7-19(22)16(18)12-24-11-14-4-2-8-20(25,17(14)13-24)15-5-3-9-23-10-15/h1,3,5-7,9-10,14,17,25H,2,4,8,11-13H2/t14-,17+,20+/m1/s1. The molecule has 0 spiro atoms. The third-order valence-electron chi connectivity index (χ3n) is 5.87. The van der Waals surface area contributed by atoms with Crippen molar-refractivity contribution in [1.29, 1.82) is 0 Å². The van der Waals surface area contributed by atoms with Crippen LogP contribution in [0.3, 0.4) is 0 Å². The summed E-state index contributed by atoms with van der Waals surface area (Å²) in [6.07, 6.45) is 6.15. The number of rotatable bonds is 3. The van der Waals surface area contributed by atoms with Crippen LogP contribution in [0.2, 0.25) is 0 Å². The Bertz CT molecular complexity index is 734. The summed E-state index contributed by atoms with van der Waals surface area (Å²) < 4.78 is 27.9. The van der Waals surface area contributed by atoms with E-state index in [1.165, 1.54) is 18.2 Å². The summed E-state index contributed by atoms with van der Waals surface area (Å²) in [5.41, 5.74) is 0.0642. The Morgan fingerprint density at radius 2 is 1.96 bits per heavy atom. The normalized spacial score (nSPS) is 29.6. The van der Waals surface area contributed by atoms with Crippen LogP contribution in [-0.2, 0) is 12.1 Å². The number of pyridine rings is 1. The van der Waals surface area contributed by atoms with E-state index in [1.807, 2.05) is 12.1 Å². The van der Waals surface area contributed by atoms with Crippen LogP contribution in [-0.4, -0.2) is 28.1 Å². The summed E-state index contributed by atoms with van der Waals surface area (Å²) in [6, 6.07) is 7.76. The highest BCUT2D eigenvalue weighted by Gasteiger charge is 2.49. The molecular formula is C20H22F2N2O. The number of hydrogen-bond acceptors (Lipinski definition) is 3. The number of likely N-dealkylation sites (tertiary alicyclic amines) is 1. The SMILES string of the molecule is O[C@]1(c2cccnc2)CCC[C@@H]2CN(Cc3c(F)cccc3F)C[C@@H]21. The highest BCUT2D eigenvalue weighted by Crippen LogP contribution is 2.48. The molecule has 4 rings (SSSR count). The van der Waals surface area contributed by atoms with Crippen LogP contribution < -0.4 is 0 Å². The molecule has 1 saturated carbocycles. The molecule has 1 aromatic heterocycles. The zero-order valence-electron chi connectivity index (χ0n) is 14.0. The molecule has 1 saturated heterocycles. The van der Waals surface area contributed by atoms with Crippen LogP contribution in [0.15, 0.2) is 42.7 Å². The van der Waals surface area contributed by atoms with Crippen LogP contribution in [0.4, 0.5) is 8.78 Å². The Hall–Kier alpha value is -1.85. The lowest BCUT2D eigenvalue weighted by atomic mass is 9.68. The predicted octanol–water partition coefficient (Wildman–Crippen LogP) is 3.48. The Labute approximate surface area is 146 Å². The first-order chi connectivity index (χ1) is 12.1. The van der Waals surface area contributed by atoms with Crippen molar-refractivity contribution >= 4 is 0 Å². The smallest absolute Gasteiger partial charge is 0.130 e. The number of hydrogen-bond donors (Lipinski definition) is 1. The van der Waals surface area contributed by atoms with Crippen LogP contribution in [0.25, 0.3) is 0 Å². The maximum Gasteiger partial charge on any atom is 0.130 e. The molecular weight excluding hydrogens is 322 g/mol. The van der Waals surface area contributed by atoms with Crippen LogP contribution in [0.5, 0.6) is 0 Å². The van der Waals surface area contributed by atoms with Gasteiger partial charge >= 0.3 is 0 Å². The van der Waals surface area contributed by atoms with Gasteiger partial charge in [0.1, 0.15) is 11.6 Å². The van der Waals surface area contributed by atoms with Gasteiger partial charge in [-0.15, -0.1) is 0 Å². The third kappa shape index (κ3) is 2.96. The summed E-state index contributed by atoms with van der Waals surface area (Å²) in [4.78, 5) is 6.23. The van der Waals surface area contributed by atoms with Gasteiger partial charge in [-0.05, 0) is 43.4 Å². The van der Waals surface area contributed by atoms with E-state index in [9.17, 15) is 13.9 Å². The van der Waals surface area contributed by atoms with Crippen molar-refractivity contribution in [2.45, 2.75) is 31.4 Å². The van der Waals surface area contributed by atoms with Crippen molar-refractivity contribution in [1.82, 2.24) is 9.88 Å². The molecule has 25 heavy (non-hydrogen) atoms. The quantitative estimate of drug-likeness (QED) is 0.926. The number of aromatic nitrogens is 1. The van der Waals surface area contributed by atoms with Crippen molar-refractivity contribution < 1.29 is 13.9 Å². The van der Waals surface area contributed by atoms with E-state index in [4.69, 9.17) is 0 Å². The molecule has 3 nitrogen and oxygen atoms in total. The first-order valence-corrected chi connectivity index (χ1v) is 8.86. The average Bonchev–Trinajstić information content (AvgIpc) is 3.04. The fourth-order valence-corrected chi connectivity index (χ4v) is 4.63. The van der Waals surface area contributed by atoms with Gasteiger partial charge in [-0.3, -0.25) is 9.88 Å². The molecule has 0 amide bonds. The lowest BCUT2D eigenvalue weighted by Gasteiger charge is -2.41. The fraction of sp³-hybridized carbons (Fsp3) is 0.450. The van der Waals surface area contributed by atoms with E-state index in [0.29, 0.717) is 18.9 Å². The van der Waals surface area contributed by atoms with Gasteiger partial charge in [-0.25, -0.2) is 8.78 Å². The summed E-state index contributed by atoms with van der Waals surface area (Å²) in [5, 5.41) is 11.4. The van der Waals surface area contributed by atoms with Gasteiger partial charge in [-0.2, -0.15) is 0 Å². The lowest BCUT2D eigenvalue weighted by Crippen LogP contribution is -2.42. The topological polar surface area (TPSA) is 36.4 Å². The molecule has 1 N–H and O–H groups in total. The highest BCUT2D eigenvalue weighted by atomic mass is 19.1. The molecule has 1 aromatic carbocycles. The van der Waals surface area contributed by atoms with E-state index >= 15 is 0 Å². The van der Waals surface area contributed by atoms with Crippen molar-refractivity contribution in [3.63, 3.8) is 0 Å². The minimum atomic E-state index is -0.903. The highest BCUT2D eigenvalue weighted by molar-refractivity contribution is 5.23. The average molecular weight is 344 g/mol. The zero-order valence-corrected chi connectivity index (χ0v) is 14.0. The van der Waals surface area contributed by atoms with Crippen LogP contribution in [0, 0.1) is 23.5 Å². The fourth-order valence-electron chi connectivity index (χ4n) is 4.63. The number of halogens is 2. The third-order valence-corrected chi connectivity index (χ3v) is 5.87. The second-order valence-corrected chi connectivity index (χ2v) is 7.32. The first kappa shape index (κ1) is 16.6. The molecule has 5 heteroatoms. The minimum absolute atomic E-state index is 0.0697. The minimum Gasteiger partial charge on any atom is -0.385 e. The monoisotopic (exact) mass is 344 g/mol. The summed E-state index contributed by atoms with van der Waals surface area (Å²) in [7, 11) is 0. The Morgan fingerprint density at radius 3 is 2.68 bits per heavy atom. The van der Waals surface area contributed by atoms with Gasteiger partial charge in [-0.1, -0.05) is 12.1 Å². The molecule has 0 unspecified atom stereocenters. The Kier molecular flexibility index (Phi) is 4.29. The summed E-state index contributed by atoms with van der Waals surface area (Å²) in [6.45, 7) is 1.65. The van der Waals surface area contributed by atoms with E-state index < -0.39 is 17.2 Å². The maximum atomic E-state index is 14.0. The molecule has 2 aromatic rings. The molecule has 2 heterocycles. The summed E-state index contributed by atoms with van der Waals surface area (Å²) in [5.74, 6) is -0.594. The lowest BCUT2D eigenvalue weighted by molar-refractivity contribution is -0.0651. The van der Waals surface area contributed by atoms with Gasteiger partial charge < -0.3 is 5.11 Å². The summed E-state index contributed by atoms with van der Waals surface area (Å²) >= 11 is 0. The van der Waals surface area contributed by atoms with Gasteiger partial charge in [0.2, 0.25) is 0 Å². The van der Waals surface area contributed by atoms with Crippen LogP contribution in [0.1, 0.15) is 30.4 Å². The van der Waals surface area contributed by atoms with E-state index in [0.717, 1.165) is 24.9 Å². The molecule has 1 aliphatic heterocycles. The molecule has 3 atom stereocenters. The van der Waals surface area contributed by atoms with Crippen molar-refractivity contribution in [2.75, 3.05) is 13.1 Å². The van der Waals surface area contributed by atoms with Gasteiger partial charge in [0, 0.05) is 49.1 Å². The molecule has 2 aliphatic rings. The number of fused-ring (bicyclic) bond motifs is 1.